The van der Waals surface area contributed by atoms with E-state index in [2.05, 4.69) is 31.6 Å². The van der Waals surface area contributed by atoms with Crippen molar-refractivity contribution in [3.63, 3.8) is 0 Å². The van der Waals surface area contributed by atoms with Gasteiger partial charge in [-0.25, -0.2) is 9.37 Å². The Morgan fingerprint density at radius 3 is 2.68 bits per heavy atom. The Morgan fingerprint density at radius 1 is 1.11 bits per heavy atom. The number of aliphatic hydroxyl groups excluding tert-OH is 1. The van der Waals surface area contributed by atoms with Gasteiger partial charge in [0.1, 0.15) is 11.9 Å². The van der Waals surface area contributed by atoms with Gasteiger partial charge >= 0.3 is 0 Å². The van der Waals surface area contributed by atoms with Crippen LogP contribution in [0.1, 0.15) is 69.2 Å². The van der Waals surface area contributed by atoms with E-state index in [4.69, 9.17) is 0 Å². The van der Waals surface area contributed by atoms with Crippen molar-refractivity contribution >= 4 is 28.3 Å². The number of thiazole rings is 1. The fourth-order valence-electron chi connectivity index (χ4n) is 6.43. The summed E-state index contributed by atoms with van der Waals surface area (Å²) in [6, 6.07) is 11.9. The molecule has 0 spiro atoms. The Kier molecular flexibility index (Phi) is 7.77. The van der Waals surface area contributed by atoms with E-state index >= 15 is 4.39 Å². The molecule has 10 heteroatoms. The third kappa shape index (κ3) is 5.66. The Bertz CT molecular complexity index is 1760. The summed E-state index contributed by atoms with van der Waals surface area (Å²) in [6.07, 6.45) is 6.76. The van der Waals surface area contributed by atoms with Gasteiger partial charge in [-0.05, 0) is 61.6 Å². The zero-order valence-corrected chi connectivity index (χ0v) is 24.9. The molecule has 224 valence electrons. The topological polar surface area (TPSA) is 90.7 Å². The smallest absolute Gasteiger partial charge is 0.255 e. The van der Waals surface area contributed by atoms with Crippen molar-refractivity contribution in [1.29, 1.82) is 0 Å². The van der Waals surface area contributed by atoms with Crippen molar-refractivity contribution < 1.29 is 19.1 Å². The van der Waals surface area contributed by atoms with Gasteiger partial charge < -0.3 is 14.6 Å². The summed E-state index contributed by atoms with van der Waals surface area (Å²) >= 11 is 1.30. The molecule has 3 aliphatic heterocycles. The van der Waals surface area contributed by atoms with Crippen LogP contribution in [-0.4, -0.2) is 55.5 Å². The molecule has 1 fully saturated rings. The van der Waals surface area contributed by atoms with E-state index in [0.29, 0.717) is 10.7 Å². The average Bonchev–Trinajstić information content (AvgIpc) is 3.82. The second-order valence-corrected chi connectivity index (χ2v) is 12.5. The first-order chi connectivity index (χ1) is 21.4. The molecule has 3 aliphatic rings. The predicted molar refractivity (Wildman–Crippen MR) is 165 cm³/mol. The number of carbonyl (C=O) groups excluding carboxylic acids is 2. The average molecular weight is 610 g/mol. The monoisotopic (exact) mass is 609 g/mol. The van der Waals surface area contributed by atoms with E-state index in [1.165, 1.54) is 27.9 Å². The molecule has 4 aromatic rings. The lowest BCUT2D eigenvalue weighted by Gasteiger charge is -2.29. The lowest BCUT2D eigenvalue weighted by Crippen LogP contribution is -2.38. The third-order valence-electron chi connectivity index (χ3n) is 8.73. The molecule has 2 aromatic carbocycles. The van der Waals surface area contributed by atoms with Gasteiger partial charge in [-0.15, -0.1) is 11.3 Å². The normalized spacial score (nSPS) is 17.2. The van der Waals surface area contributed by atoms with Crippen LogP contribution in [0.2, 0.25) is 0 Å². The number of aryl methyl sites for hydroxylation is 1. The lowest BCUT2D eigenvalue weighted by molar-refractivity contribution is -0.120. The van der Waals surface area contributed by atoms with Crippen LogP contribution < -0.4 is 5.32 Å². The number of halogens is 1. The van der Waals surface area contributed by atoms with Crippen molar-refractivity contribution in [1.82, 2.24) is 19.4 Å². The van der Waals surface area contributed by atoms with Crippen LogP contribution in [0.5, 0.6) is 0 Å². The highest BCUT2D eigenvalue weighted by Gasteiger charge is 2.41. The summed E-state index contributed by atoms with van der Waals surface area (Å²) in [7, 11) is 0. The third-order valence-corrected chi connectivity index (χ3v) is 9.42. The standard InChI is InChI=1S/C34H32FN5O3S/c35-29-19-24(8-5-22-3-6-23(7-4-22)20-38-14-9-25(41)10-15-38)18-27-28(29)21-40(33(27)43)31(32(42)37-34-36-12-17-44-34)26-11-16-39-13-1-2-30(26)39/h3-4,6-7,11-12,16-19,25,31,41H,1-2,9-10,13-15,20-21H2,(H,36,37,42). The zero-order valence-electron chi connectivity index (χ0n) is 24.1. The van der Waals surface area contributed by atoms with Gasteiger partial charge in [0.2, 0.25) is 0 Å². The largest absolute Gasteiger partial charge is 0.393 e. The number of hydrogen-bond acceptors (Lipinski definition) is 6. The van der Waals surface area contributed by atoms with Crippen molar-refractivity contribution in [2.45, 2.75) is 57.5 Å². The number of rotatable bonds is 6. The number of amides is 2. The van der Waals surface area contributed by atoms with Gasteiger partial charge in [0.05, 0.1) is 12.6 Å². The maximum absolute atomic E-state index is 15.5. The molecule has 2 amide bonds. The van der Waals surface area contributed by atoms with E-state index in [9.17, 15) is 14.7 Å². The van der Waals surface area contributed by atoms with E-state index in [-0.39, 0.29) is 29.7 Å². The molecule has 2 aromatic heterocycles. The van der Waals surface area contributed by atoms with Gasteiger partial charge in [-0.1, -0.05) is 24.0 Å². The molecule has 0 bridgehead atoms. The summed E-state index contributed by atoms with van der Waals surface area (Å²) in [5.74, 6) is 4.85. The first-order valence-electron chi connectivity index (χ1n) is 15.0. The summed E-state index contributed by atoms with van der Waals surface area (Å²) in [5.41, 5.74) is 4.67. The quantitative estimate of drug-likeness (QED) is 0.309. The first kappa shape index (κ1) is 28.5. The molecule has 2 N–H and O–H groups in total. The minimum absolute atomic E-state index is 0.00821. The van der Waals surface area contributed by atoms with E-state index in [1.807, 2.05) is 36.5 Å². The number of nitrogens with zero attached hydrogens (tertiary/aromatic N) is 4. The van der Waals surface area contributed by atoms with Gasteiger partial charge in [-0.2, -0.15) is 0 Å². The minimum atomic E-state index is -0.921. The molecular formula is C34H32FN5O3S. The lowest BCUT2D eigenvalue weighted by atomic mass is 10.0. The van der Waals surface area contributed by atoms with Crippen molar-refractivity contribution in [3.05, 3.63) is 105 Å². The van der Waals surface area contributed by atoms with Crippen LogP contribution in [0, 0.1) is 17.7 Å². The zero-order chi connectivity index (χ0) is 30.2. The molecule has 0 saturated carbocycles. The van der Waals surface area contributed by atoms with Gasteiger partial charge in [-0.3, -0.25) is 19.8 Å². The second kappa shape index (κ2) is 12.0. The van der Waals surface area contributed by atoms with Crippen molar-refractivity contribution in [2.75, 3.05) is 18.4 Å². The van der Waals surface area contributed by atoms with E-state index < -0.39 is 17.8 Å². The summed E-state index contributed by atoms with van der Waals surface area (Å²) in [4.78, 5) is 35.5. The molecule has 0 aliphatic carbocycles. The number of anilines is 1. The van der Waals surface area contributed by atoms with Crippen LogP contribution in [0.4, 0.5) is 9.52 Å². The number of carbonyl (C=O) groups is 2. The Labute approximate surface area is 259 Å². The fourth-order valence-corrected chi connectivity index (χ4v) is 6.97. The van der Waals surface area contributed by atoms with E-state index in [1.54, 1.807) is 17.6 Å². The molecule has 7 rings (SSSR count). The first-order valence-corrected chi connectivity index (χ1v) is 15.8. The van der Waals surface area contributed by atoms with Gasteiger partial charge in [0.25, 0.3) is 11.8 Å². The van der Waals surface area contributed by atoms with Gasteiger partial charge in [0.15, 0.2) is 5.13 Å². The highest BCUT2D eigenvalue weighted by Crippen LogP contribution is 2.37. The van der Waals surface area contributed by atoms with Crippen LogP contribution in [-0.2, 0) is 30.8 Å². The Hall–Kier alpha value is -4.30. The van der Waals surface area contributed by atoms with Gasteiger partial charge in [0, 0.05) is 77.5 Å². The maximum Gasteiger partial charge on any atom is 0.255 e. The highest BCUT2D eigenvalue weighted by atomic mass is 32.1. The molecule has 44 heavy (non-hydrogen) atoms. The minimum Gasteiger partial charge on any atom is -0.393 e. The maximum atomic E-state index is 15.5. The summed E-state index contributed by atoms with van der Waals surface area (Å²) in [6.45, 7) is 3.45. The van der Waals surface area contributed by atoms with Crippen LogP contribution >= 0.6 is 11.3 Å². The molecule has 5 heterocycles. The number of likely N-dealkylation sites (tertiary alicyclic amines) is 1. The number of piperidine rings is 1. The van der Waals surface area contributed by atoms with Crippen molar-refractivity contribution in [2.24, 2.45) is 0 Å². The molecule has 8 nitrogen and oxygen atoms in total. The van der Waals surface area contributed by atoms with Crippen LogP contribution in [0.15, 0.2) is 60.2 Å². The summed E-state index contributed by atoms with van der Waals surface area (Å²) < 4.78 is 17.6. The molecule has 1 saturated heterocycles. The summed E-state index contributed by atoms with van der Waals surface area (Å²) in [5, 5.41) is 14.8. The Balaban J connectivity index is 1.11. The van der Waals surface area contributed by atoms with E-state index in [0.717, 1.165) is 68.7 Å². The van der Waals surface area contributed by atoms with Crippen molar-refractivity contribution in [3.8, 4) is 11.8 Å². The highest BCUT2D eigenvalue weighted by molar-refractivity contribution is 7.13. The SMILES string of the molecule is O=C(Nc1nccs1)C(c1ccn2c1CCC2)N1Cc2c(F)cc(C#Cc3ccc(CN4CCC(O)CC4)cc3)cc2C1=O. The predicted octanol–water partition coefficient (Wildman–Crippen LogP) is 4.72. The molecule has 1 unspecified atom stereocenters. The number of fused-ring (bicyclic) bond motifs is 2. The second-order valence-electron chi connectivity index (χ2n) is 11.6. The number of nitrogens with one attached hydrogen (secondary N) is 1. The van der Waals surface area contributed by atoms with Crippen LogP contribution in [0.25, 0.3) is 0 Å². The van der Waals surface area contributed by atoms with Crippen LogP contribution in [0.3, 0.4) is 0 Å². The number of aliphatic hydroxyl groups is 1. The molecule has 1 atom stereocenters. The molecule has 0 radical (unpaired) electrons. The Morgan fingerprint density at radius 2 is 1.91 bits per heavy atom. The number of aromatic nitrogens is 2. The number of benzene rings is 2. The fraction of sp³-hybridized carbons (Fsp3) is 0.324. The molecular weight excluding hydrogens is 577 g/mol. The number of hydrogen-bond donors (Lipinski definition) is 2.